The van der Waals surface area contributed by atoms with E-state index in [0.717, 1.165) is 28.5 Å². The molecular weight excluding hydrogens is 366 g/mol. The lowest BCUT2D eigenvalue weighted by molar-refractivity contribution is 0.0732. The first-order chi connectivity index (χ1) is 13.0. The summed E-state index contributed by atoms with van der Waals surface area (Å²) in [6.07, 6.45) is 0.680. The Morgan fingerprint density at radius 1 is 1.26 bits per heavy atom. The van der Waals surface area contributed by atoms with E-state index >= 15 is 0 Å². The number of carbonyl (C=O) groups is 1. The van der Waals surface area contributed by atoms with Crippen LogP contribution >= 0.6 is 11.6 Å². The van der Waals surface area contributed by atoms with Crippen LogP contribution in [0.2, 0.25) is 5.02 Å². The Kier molecular flexibility index (Phi) is 4.49. The molecular formula is C20H18ClN3O3. The van der Waals surface area contributed by atoms with Crippen molar-refractivity contribution in [2.45, 2.75) is 13.0 Å². The first-order valence-electron chi connectivity index (χ1n) is 8.55. The number of rotatable bonds is 3. The second kappa shape index (κ2) is 6.96. The predicted octanol–water partition coefficient (Wildman–Crippen LogP) is 3.64. The highest BCUT2D eigenvalue weighted by molar-refractivity contribution is 6.32. The molecule has 1 aliphatic rings. The van der Waals surface area contributed by atoms with Gasteiger partial charge in [0.05, 0.1) is 30.1 Å². The number of phenols is 1. The number of hydrogen-bond donors (Lipinski definition) is 2. The number of methoxy groups -OCH3 is 1. The third kappa shape index (κ3) is 3.36. The van der Waals surface area contributed by atoms with E-state index in [-0.39, 0.29) is 16.7 Å². The summed E-state index contributed by atoms with van der Waals surface area (Å²) in [6, 6.07) is 12.2. The number of fused-ring (bicyclic) bond motifs is 1. The molecule has 0 radical (unpaired) electrons. The van der Waals surface area contributed by atoms with Gasteiger partial charge in [0.15, 0.2) is 0 Å². The number of carbonyl (C=O) groups excluding carboxylic acids is 1. The lowest BCUT2D eigenvalue weighted by Gasteiger charge is -2.26. The van der Waals surface area contributed by atoms with Crippen molar-refractivity contribution < 1.29 is 14.6 Å². The second-order valence-electron chi connectivity index (χ2n) is 6.38. The van der Waals surface area contributed by atoms with Gasteiger partial charge < -0.3 is 19.7 Å². The van der Waals surface area contributed by atoms with Gasteiger partial charge in [-0.15, -0.1) is 0 Å². The number of amides is 1. The average Bonchev–Trinajstić information content (AvgIpc) is 3.13. The van der Waals surface area contributed by atoms with E-state index in [2.05, 4.69) is 9.97 Å². The van der Waals surface area contributed by atoms with Gasteiger partial charge in [0, 0.05) is 24.1 Å². The zero-order valence-electron chi connectivity index (χ0n) is 14.7. The van der Waals surface area contributed by atoms with E-state index in [1.165, 1.54) is 12.1 Å². The summed E-state index contributed by atoms with van der Waals surface area (Å²) in [7, 11) is 1.63. The quantitative estimate of drug-likeness (QED) is 0.723. The maximum absolute atomic E-state index is 12.8. The molecule has 1 aliphatic heterocycles. The SMILES string of the molecule is COc1ccc(-c2nc3c([nH]2)CN(C(=O)c2ccc(O)c(Cl)c2)CC3)cc1. The van der Waals surface area contributed by atoms with Crippen LogP contribution in [0.4, 0.5) is 0 Å². The van der Waals surface area contributed by atoms with Crippen LogP contribution in [-0.2, 0) is 13.0 Å². The van der Waals surface area contributed by atoms with Gasteiger partial charge in [-0.2, -0.15) is 0 Å². The zero-order valence-corrected chi connectivity index (χ0v) is 15.5. The predicted molar refractivity (Wildman–Crippen MR) is 102 cm³/mol. The molecule has 6 nitrogen and oxygen atoms in total. The maximum Gasteiger partial charge on any atom is 0.254 e. The lowest BCUT2D eigenvalue weighted by atomic mass is 10.1. The molecule has 0 bridgehead atoms. The number of nitrogens with zero attached hydrogens (tertiary/aromatic N) is 2. The Hall–Kier alpha value is -2.99. The van der Waals surface area contributed by atoms with Gasteiger partial charge >= 0.3 is 0 Å². The monoisotopic (exact) mass is 383 g/mol. The van der Waals surface area contributed by atoms with E-state index < -0.39 is 0 Å². The van der Waals surface area contributed by atoms with Crippen molar-refractivity contribution in [3.63, 3.8) is 0 Å². The van der Waals surface area contributed by atoms with E-state index in [1.807, 2.05) is 24.3 Å². The fourth-order valence-electron chi connectivity index (χ4n) is 3.18. The summed E-state index contributed by atoms with van der Waals surface area (Å²) < 4.78 is 5.18. The summed E-state index contributed by atoms with van der Waals surface area (Å²) in [5.74, 6) is 1.42. The highest BCUT2D eigenvalue weighted by Crippen LogP contribution is 2.27. The van der Waals surface area contributed by atoms with Crippen molar-refractivity contribution in [2.75, 3.05) is 13.7 Å². The molecule has 0 aliphatic carbocycles. The minimum absolute atomic E-state index is 0.0353. The van der Waals surface area contributed by atoms with Gasteiger partial charge in [-0.25, -0.2) is 4.98 Å². The van der Waals surface area contributed by atoms with Crippen molar-refractivity contribution in [1.29, 1.82) is 0 Å². The highest BCUT2D eigenvalue weighted by atomic mass is 35.5. The van der Waals surface area contributed by atoms with Crippen LogP contribution in [0.25, 0.3) is 11.4 Å². The topological polar surface area (TPSA) is 78.5 Å². The number of benzene rings is 2. The summed E-state index contributed by atoms with van der Waals surface area (Å²) in [5, 5.41) is 9.70. The van der Waals surface area contributed by atoms with E-state index in [4.69, 9.17) is 16.3 Å². The molecule has 3 aromatic rings. The molecule has 0 atom stereocenters. The number of hydrogen-bond acceptors (Lipinski definition) is 4. The van der Waals surface area contributed by atoms with Crippen LogP contribution in [0.1, 0.15) is 21.7 Å². The van der Waals surface area contributed by atoms with Crippen molar-refractivity contribution in [3.8, 4) is 22.9 Å². The van der Waals surface area contributed by atoms with E-state index in [9.17, 15) is 9.90 Å². The largest absolute Gasteiger partial charge is 0.506 e. The fraction of sp³-hybridized carbons (Fsp3) is 0.200. The Bertz CT molecular complexity index is 998. The Balaban J connectivity index is 1.55. The van der Waals surface area contributed by atoms with Gasteiger partial charge in [0.1, 0.15) is 17.3 Å². The van der Waals surface area contributed by atoms with Crippen molar-refractivity contribution in [3.05, 3.63) is 64.4 Å². The minimum atomic E-state index is -0.122. The van der Waals surface area contributed by atoms with E-state index in [1.54, 1.807) is 18.1 Å². The first-order valence-corrected chi connectivity index (χ1v) is 8.93. The van der Waals surface area contributed by atoms with Crippen LogP contribution in [-0.4, -0.2) is 39.5 Å². The molecule has 1 amide bonds. The summed E-state index contributed by atoms with van der Waals surface area (Å²) in [4.78, 5) is 22.5. The summed E-state index contributed by atoms with van der Waals surface area (Å²) in [6.45, 7) is 1.03. The number of imidazole rings is 1. The summed E-state index contributed by atoms with van der Waals surface area (Å²) in [5.41, 5.74) is 3.34. The molecule has 0 unspecified atom stereocenters. The smallest absolute Gasteiger partial charge is 0.254 e. The number of H-pyrrole nitrogens is 1. The van der Waals surface area contributed by atoms with Crippen LogP contribution < -0.4 is 4.74 Å². The first kappa shape index (κ1) is 17.4. The molecule has 0 saturated carbocycles. The third-order valence-electron chi connectivity index (χ3n) is 4.68. The number of ether oxygens (including phenoxy) is 1. The molecule has 7 heteroatoms. The van der Waals surface area contributed by atoms with Gasteiger partial charge in [-0.1, -0.05) is 11.6 Å². The molecule has 2 N–H and O–H groups in total. The van der Waals surface area contributed by atoms with Crippen molar-refractivity contribution in [2.24, 2.45) is 0 Å². The molecule has 2 heterocycles. The summed E-state index contributed by atoms with van der Waals surface area (Å²) >= 11 is 5.92. The number of aromatic hydroxyl groups is 1. The minimum Gasteiger partial charge on any atom is -0.506 e. The zero-order chi connectivity index (χ0) is 19.0. The molecule has 4 rings (SSSR count). The van der Waals surface area contributed by atoms with Crippen molar-refractivity contribution >= 4 is 17.5 Å². The Morgan fingerprint density at radius 2 is 2.04 bits per heavy atom. The molecule has 2 aromatic carbocycles. The standard InChI is InChI=1S/C20H18ClN3O3/c1-27-14-5-2-12(3-6-14)19-22-16-8-9-24(11-17(16)23-19)20(26)13-4-7-18(25)15(21)10-13/h2-7,10,25H,8-9,11H2,1H3,(H,22,23). The molecule has 0 saturated heterocycles. The number of phenolic OH excluding ortho intramolecular Hbond substituents is 1. The van der Waals surface area contributed by atoms with Gasteiger partial charge in [-0.3, -0.25) is 4.79 Å². The van der Waals surface area contributed by atoms with Gasteiger partial charge in [0.25, 0.3) is 5.91 Å². The third-order valence-corrected chi connectivity index (χ3v) is 4.98. The fourth-order valence-corrected chi connectivity index (χ4v) is 3.36. The van der Waals surface area contributed by atoms with Crippen LogP contribution in [0.3, 0.4) is 0 Å². The molecule has 0 fully saturated rings. The van der Waals surface area contributed by atoms with E-state index in [0.29, 0.717) is 25.1 Å². The van der Waals surface area contributed by atoms with Crippen LogP contribution in [0, 0.1) is 0 Å². The number of nitrogens with one attached hydrogen (secondary N) is 1. The molecule has 1 aromatic heterocycles. The molecule has 0 spiro atoms. The maximum atomic E-state index is 12.8. The van der Waals surface area contributed by atoms with Gasteiger partial charge in [-0.05, 0) is 42.5 Å². The Morgan fingerprint density at radius 3 is 2.74 bits per heavy atom. The van der Waals surface area contributed by atoms with Gasteiger partial charge in [0.2, 0.25) is 0 Å². The second-order valence-corrected chi connectivity index (χ2v) is 6.79. The Labute approximate surface area is 161 Å². The van der Waals surface area contributed by atoms with Crippen LogP contribution in [0.15, 0.2) is 42.5 Å². The lowest BCUT2D eigenvalue weighted by Crippen LogP contribution is -2.36. The molecule has 27 heavy (non-hydrogen) atoms. The van der Waals surface area contributed by atoms with Crippen LogP contribution in [0.5, 0.6) is 11.5 Å². The average molecular weight is 384 g/mol. The molecule has 138 valence electrons. The van der Waals surface area contributed by atoms with Crippen molar-refractivity contribution in [1.82, 2.24) is 14.9 Å². The number of halogens is 1. The normalized spacial score (nSPS) is 13.3. The number of aromatic nitrogens is 2. The number of aromatic amines is 1. The highest BCUT2D eigenvalue weighted by Gasteiger charge is 2.25.